The number of hydrogen-bond acceptors (Lipinski definition) is 9. The molecule has 210 valence electrons. The first-order valence-corrected chi connectivity index (χ1v) is 13.9. The first-order valence-electron chi connectivity index (χ1n) is 13.9. The fourth-order valence-corrected chi connectivity index (χ4v) is 5.32. The molecule has 0 radical (unpaired) electrons. The number of nitrogens with zero attached hydrogens (tertiary/aromatic N) is 5. The maximum atomic E-state index is 5.62. The molecule has 3 heterocycles. The Kier molecular flexibility index (Phi) is 8.62. The highest BCUT2D eigenvalue weighted by molar-refractivity contribution is 5.75. The molecule has 0 saturated carbocycles. The van der Waals surface area contributed by atoms with Gasteiger partial charge in [-0.15, -0.1) is 0 Å². The van der Waals surface area contributed by atoms with E-state index in [2.05, 4.69) is 68.9 Å². The monoisotopic (exact) mass is 541 g/mol. The van der Waals surface area contributed by atoms with Crippen LogP contribution in [0, 0.1) is 20.8 Å². The number of nitrogens with one attached hydrogen (secondary N) is 2. The maximum Gasteiger partial charge on any atom is 0.162 e. The molecule has 0 aliphatic carbocycles. The van der Waals surface area contributed by atoms with E-state index in [1.807, 2.05) is 33.0 Å². The van der Waals surface area contributed by atoms with Crippen molar-refractivity contribution < 1.29 is 9.26 Å². The van der Waals surface area contributed by atoms with Crippen molar-refractivity contribution >= 4 is 11.5 Å². The summed E-state index contributed by atoms with van der Waals surface area (Å²) in [4.78, 5) is 15.0. The van der Waals surface area contributed by atoms with Gasteiger partial charge in [0.25, 0.3) is 0 Å². The molecule has 1 fully saturated rings. The van der Waals surface area contributed by atoms with E-state index in [0.29, 0.717) is 5.82 Å². The number of methoxy groups -OCH3 is 1. The first-order chi connectivity index (χ1) is 19.5. The van der Waals surface area contributed by atoms with E-state index in [0.717, 1.165) is 96.9 Å². The second-order valence-electron chi connectivity index (χ2n) is 10.2. The number of aromatic nitrogens is 3. The lowest BCUT2D eigenvalue weighted by molar-refractivity contribution is 0.393. The number of ether oxygens (including phenoxy) is 1. The van der Waals surface area contributed by atoms with Gasteiger partial charge in [-0.2, -0.15) is 0 Å². The van der Waals surface area contributed by atoms with Crippen LogP contribution >= 0.6 is 0 Å². The van der Waals surface area contributed by atoms with E-state index in [-0.39, 0.29) is 0 Å². The predicted molar refractivity (Wildman–Crippen MR) is 160 cm³/mol. The third-order valence-corrected chi connectivity index (χ3v) is 7.46. The lowest BCUT2D eigenvalue weighted by atomic mass is 10.0. The zero-order valence-electron chi connectivity index (χ0n) is 24.1. The van der Waals surface area contributed by atoms with Crippen molar-refractivity contribution in [2.24, 2.45) is 0 Å². The summed E-state index contributed by atoms with van der Waals surface area (Å²) < 4.78 is 11.2. The highest BCUT2D eigenvalue weighted by Gasteiger charge is 2.26. The molecule has 2 aromatic carbocycles. The van der Waals surface area contributed by atoms with Gasteiger partial charge in [0.2, 0.25) is 0 Å². The van der Waals surface area contributed by atoms with Crippen LogP contribution in [-0.4, -0.2) is 68.6 Å². The number of para-hydroxylation sites is 2. The average Bonchev–Trinajstić information content (AvgIpc) is 3.33. The molecule has 40 heavy (non-hydrogen) atoms. The van der Waals surface area contributed by atoms with Crippen LogP contribution in [0.25, 0.3) is 22.6 Å². The molecule has 0 bridgehead atoms. The molecule has 0 unspecified atom stereocenters. The third-order valence-electron chi connectivity index (χ3n) is 7.46. The zero-order chi connectivity index (χ0) is 28.1. The first kappa shape index (κ1) is 27.6. The van der Waals surface area contributed by atoms with Gasteiger partial charge in [-0.25, -0.2) is 9.97 Å². The van der Waals surface area contributed by atoms with Crippen LogP contribution < -0.4 is 25.2 Å². The number of aryl methyl sites for hydroxylation is 2. The number of hydrogen-bond donors (Lipinski definition) is 2. The predicted octanol–water partition coefficient (Wildman–Crippen LogP) is 4.37. The third kappa shape index (κ3) is 5.80. The van der Waals surface area contributed by atoms with Crippen LogP contribution in [0.4, 0.5) is 11.5 Å². The summed E-state index contributed by atoms with van der Waals surface area (Å²) in [5.41, 5.74) is 7.01. The molecular formula is C31H39N7O2. The minimum absolute atomic E-state index is 0.708. The van der Waals surface area contributed by atoms with Gasteiger partial charge < -0.3 is 29.7 Å². The van der Waals surface area contributed by atoms with Crippen LogP contribution in [0.3, 0.4) is 0 Å². The summed E-state index contributed by atoms with van der Waals surface area (Å²) in [5, 5.41) is 10.9. The van der Waals surface area contributed by atoms with E-state index in [9.17, 15) is 0 Å². The molecule has 9 heteroatoms. The Morgan fingerprint density at radius 1 is 0.925 bits per heavy atom. The van der Waals surface area contributed by atoms with E-state index in [1.54, 1.807) is 7.11 Å². The summed E-state index contributed by atoms with van der Waals surface area (Å²) >= 11 is 0. The van der Waals surface area contributed by atoms with Crippen molar-refractivity contribution in [3.8, 4) is 28.4 Å². The molecular weight excluding hydrogens is 502 g/mol. The Balaban J connectivity index is 1.48. The molecule has 1 saturated heterocycles. The molecule has 5 rings (SSSR count). The van der Waals surface area contributed by atoms with Crippen LogP contribution in [0.5, 0.6) is 5.75 Å². The summed E-state index contributed by atoms with van der Waals surface area (Å²) in [7, 11) is 3.69. The van der Waals surface area contributed by atoms with Crippen molar-refractivity contribution in [1.29, 1.82) is 0 Å². The quantitative estimate of drug-likeness (QED) is 0.284. The second-order valence-corrected chi connectivity index (χ2v) is 10.2. The highest BCUT2D eigenvalue weighted by atomic mass is 16.5. The minimum atomic E-state index is 0.708. The second kappa shape index (κ2) is 12.5. The van der Waals surface area contributed by atoms with Crippen LogP contribution in [-0.2, 0) is 6.54 Å². The van der Waals surface area contributed by atoms with Crippen LogP contribution in [0.2, 0.25) is 0 Å². The average molecular weight is 542 g/mol. The fourth-order valence-electron chi connectivity index (χ4n) is 5.32. The summed E-state index contributed by atoms with van der Waals surface area (Å²) in [6.07, 6.45) is 0. The van der Waals surface area contributed by atoms with Gasteiger partial charge in [0.1, 0.15) is 17.3 Å². The Morgan fingerprint density at radius 3 is 2.42 bits per heavy atom. The Bertz CT molecular complexity index is 1420. The van der Waals surface area contributed by atoms with Gasteiger partial charge >= 0.3 is 0 Å². The summed E-state index contributed by atoms with van der Waals surface area (Å²) in [5.74, 6) is 3.33. The van der Waals surface area contributed by atoms with Crippen molar-refractivity contribution in [2.45, 2.75) is 27.3 Å². The van der Waals surface area contributed by atoms with Gasteiger partial charge in [0.05, 0.1) is 29.7 Å². The molecule has 1 aliphatic rings. The molecule has 2 aromatic heterocycles. The Hall–Kier alpha value is -3.95. The Labute approximate surface area is 236 Å². The van der Waals surface area contributed by atoms with E-state index < -0.39 is 0 Å². The van der Waals surface area contributed by atoms with Crippen molar-refractivity contribution in [3.63, 3.8) is 0 Å². The zero-order valence-corrected chi connectivity index (χ0v) is 24.1. The minimum Gasteiger partial charge on any atom is -0.495 e. The topological polar surface area (TPSA) is 91.6 Å². The van der Waals surface area contributed by atoms with Crippen molar-refractivity contribution in [2.75, 3.05) is 63.2 Å². The summed E-state index contributed by atoms with van der Waals surface area (Å²) in [6, 6.07) is 16.7. The molecule has 4 aromatic rings. The fraction of sp³-hybridized carbons (Fsp3) is 0.387. The number of likely N-dealkylation sites (N-methyl/N-ethyl adjacent to an activating group) is 1. The van der Waals surface area contributed by atoms with Crippen LogP contribution in [0.15, 0.2) is 53.1 Å². The Morgan fingerprint density at radius 2 is 1.70 bits per heavy atom. The van der Waals surface area contributed by atoms with Crippen molar-refractivity contribution in [1.82, 2.24) is 25.8 Å². The van der Waals surface area contributed by atoms with Gasteiger partial charge in [0.15, 0.2) is 5.82 Å². The number of benzene rings is 2. The van der Waals surface area contributed by atoms with Gasteiger partial charge in [-0.1, -0.05) is 35.5 Å². The largest absolute Gasteiger partial charge is 0.495 e. The molecule has 2 N–H and O–H groups in total. The lowest BCUT2D eigenvalue weighted by Gasteiger charge is -2.38. The summed E-state index contributed by atoms with van der Waals surface area (Å²) in [6.45, 7) is 12.1. The SMILES string of the molecule is CNCCNCc1cccc(-c2nc(-c3c(C)noc3C)c(C)c(N3CCN(c4ccccc4OC)CC3)n2)c1. The lowest BCUT2D eigenvalue weighted by Crippen LogP contribution is -2.47. The number of rotatable bonds is 10. The highest BCUT2D eigenvalue weighted by Crippen LogP contribution is 2.35. The maximum absolute atomic E-state index is 5.62. The van der Waals surface area contributed by atoms with Crippen molar-refractivity contribution in [3.05, 3.63) is 71.1 Å². The van der Waals surface area contributed by atoms with E-state index in [1.165, 1.54) is 5.56 Å². The molecule has 1 aliphatic heterocycles. The molecule has 9 nitrogen and oxygen atoms in total. The van der Waals surface area contributed by atoms with Gasteiger partial charge in [0, 0.05) is 56.9 Å². The van der Waals surface area contributed by atoms with E-state index in [4.69, 9.17) is 19.2 Å². The number of piperazine rings is 1. The van der Waals surface area contributed by atoms with E-state index >= 15 is 0 Å². The normalized spacial score (nSPS) is 13.6. The molecule has 0 amide bonds. The van der Waals surface area contributed by atoms with Gasteiger partial charge in [-0.3, -0.25) is 0 Å². The van der Waals surface area contributed by atoms with Crippen LogP contribution in [0.1, 0.15) is 22.6 Å². The standard InChI is InChI=1S/C31H39N7O2/c1-21-29(28-22(2)36-40-23(28)3)34-30(25-10-8-9-24(19-25)20-33-14-13-32-4)35-31(21)38-17-15-37(16-18-38)26-11-6-7-12-27(26)39-5/h6-12,19,32-33H,13-18,20H2,1-5H3. The number of anilines is 2. The molecule has 0 atom stereocenters. The molecule has 0 spiro atoms. The smallest absolute Gasteiger partial charge is 0.162 e. The van der Waals surface area contributed by atoms with Gasteiger partial charge in [-0.05, 0) is 51.6 Å².